The third-order valence-corrected chi connectivity index (χ3v) is 7.20. The molecule has 38 heavy (non-hydrogen) atoms. The molecule has 0 heterocycles. The molecule has 0 aliphatic heterocycles. The Bertz CT molecular complexity index is 566. The zero-order valence-electron chi connectivity index (χ0n) is 25.6. The van der Waals surface area contributed by atoms with Gasteiger partial charge in [-0.25, -0.2) is 0 Å². The summed E-state index contributed by atoms with van der Waals surface area (Å²) in [5.74, 6) is 0.106. The lowest BCUT2D eigenvalue weighted by molar-refractivity contribution is -0.126. The maximum Gasteiger partial charge on any atom is 0.220 e. The van der Waals surface area contributed by atoms with Crippen molar-refractivity contribution >= 4 is 17.6 Å². The first kappa shape index (κ1) is 36.6. The summed E-state index contributed by atoms with van der Waals surface area (Å²) in [7, 11) is 4.00. The fourth-order valence-electron chi connectivity index (χ4n) is 4.71. The zero-order valence-corrected chi connectivity index (χ0v) is 25.6. The summed E-state index contributed by atoms with van der Waals surface area (Å²) >= 11 is 0. The number of hydrogen-bond acceptors (Lipinski definition) is 4. The van der Waals surface area contributed by atoms with Crippen LogP contribution in [-0.2, 0) is 14.4 Å². The van der Waals surface area contributed by atoms with Crippen LogP contribution in [0.5, 0.6) is 0 Å². The molecule has 0 aliphatic carbocycles. The summed E-state index contributed by atoms with van der Waals surface area (Å²) in [6, 6.07) is 0. The monoisotopic (exact) mass is 537 g/mol. The van der Waals surface area contributed by atoms with Gasteiger partial charge in [0.2, 0.25) is 11.8 Å². The molecular weight excluding hydrogens is 474 g/mol. The van der Waals surface area contributed by atoms with Crippen molar-refractivity contribution in [1.82, 2.24) is 15.5 Å². The minimum Gasteiger partial charge on any atom is -0.356 e. The van der Waals surface area contributed by atoms with Crippen LogP contribution in [-0.4, -0.2) is 56.2 Å². The average molecular weight is 538 g/mol. The van der Waals surface area contributed by atoms with Gasteiger partial charge in [0.1, 0.15) is 5.78 Å². The maximum atomic E-state index is 12.1. The summed E-state index contributed by atoms with van der Waals surface area (Å²) in [6.45, 7) is 4.36. The van der Waals surface area contributed by atoms with E-state index in [9.17, 15) is 14.4 Å². The van der Waals surface area contributed by atoms with Gasteiger partial charge < -0.3 is 15.5 Å². The van der Waals surface area contributed by atoms with E-state index >= 15 is 0 Å². The second-order valence-corrected chi connectivity index (χ2v) is 11.4. The number of unbranched alkanes of at least 4 members (excludes halogenated alkanes) is 16. The van der Waals surface area contributed by atoms with Crippen molar-refractivity contribution < 1.29 is 14.4 Å². The minimum absolute atomic E-state index is 0.0804. The lowest BCUT2D eigenvalue weighted by atomic mass is 10.0. The van der Waals surface area contributed by atoms with E-state index in [4.69, 9.17) is 0 Å². The van der Waals surface area contributed by atoms with Gasteiger partial charge in [0.15, 0.2) is 0 Å². The molecule has 2 amide bonds. The normalized spacial score (nSPS) is 11.2. The number of carbonyl (C=O) groups is 3. The van der Waals surface area contributed by atoms with Crippen molar-refractivity contribution in [3.8, 4) is 0 Å². The van der Waals surface area contributed by atoms with Crippen LogP contribution in [0, 0.1) is 0 Å². The molecular formula is C32H63N3O3. The van der Waals surface area contributed by atoms with Crippen molar-refractivity contribution in [3.05, 3.63) is 0 Å². The first-order valence-electron chi connectivity index (χ1n) is 16.2. The highest BCUT2D eigenvalue weighted by molar-refractivity contribution is 5.83. The van der Waals surface area contributed by atoms with Crippen molar-refractivity contribution in [3.63, 3.8) is 0 Å². The van der Waals surface area contributed by atoms with Gasteiger partial charge in [-0.15, -0.1) is 0 Å². The van der Waals surface area contributed by atoms with Crippen LogP contribution < -0.4 is 10.6 Å². The molecule has 0 atom stereocenters. The van der Waals surface area contributed by atoms with Gasteiger partial charge in [-0.05, 0) is 39.9 Å². The number of ketones is 1. The van der Waals surface area contributed by atoms with E-state index in [0.29, 0.717) is 38.1 Å². The zero-order chi connectivity index (χ0) is 28.1. The van der Waals surface area contributed by atoms with Crippen LogP contribution in [0.3, 0.4) is 0 Å². The van der Waals surface area contributed by atoms with Gasteiger partial charge in [-0.1, -0.05) is 110 Å². The van der Waals surface area contributed by atoms with Crippen LogP contribution in [0.15, 0.2) is 0 Å². The van der Waals surface area contributed by atoms with E-state index in [1.54, 1.807) is 0 Å². The standard InChI is InChI=1S/C32H63N3O3/c1-4-5-6-7-8-9-10-11-12-13-14-15-16-17-18-19-20-23-30(36)24-21-27-33-31(37)25-26-32(38)34-28-22-29-35(2)3/h4-29H2,1-3H3,(H,33,37)(H,34,38). The molecule has 0 aliphatic rings. The molecule has 0 bridgehead atoms. The smallest absolute Gasteiger partial charge is 0.220 e. The van der Waals surface area contributed by atoms with Gasteiger partial charge in [-0.2, -0.15) is 0 Å². The third kappa shape index (κ3) is 29.1. The fraction of sp³-hybridized carbons (Fsp3) is 0.906. The molecule has 0 saturated heterocycles. The van der Waals surface area contributed by atoms with Crippen LogP contribution in [0.2, 0.25) is 0 Å². The highest BCUT2D eigenvalue weighted by atomic mass is 16.2. The van der Waals surface area contributed by atoms with Crippen molar-refractivity contribution in [2.75, 3.05) is 33.7 Å². The number of Topliss-reactive ketones (excluding diaryl/α,β-unsaturated/α-hetero) is 1. The van der Waals surface area contributed by atoms with Crippen molar-refractivity contribution in [2.45, 2.75) is 155 Å². The average Bonchev–Trinajstić information content (AvgIpc) is 2.89. The summed E-state index contributed by atoms with van der Waals surface area (Å²) in [5.41, 5.74) is 0. The molecule has 0 spiro atoms. The van der Waals surface area contributed by atoms with E-state index in [0.717, 1.165) is 25.8 Å². The first-order chi connectivity index (χ1) is 18.5. The van der Waals surface area contributed by atoms with E-state index < -0.39 is 0 Å². The highest BCUT2D eigenvalue weighted by Gasteiger charge is 2.07. The lowest BCUT2D eigenvalue weighted by Crippen LogP contribution is -2.30. The molecule has 0 aromatic carbocycles. The van der Waals surface area contributed by atoms with Crippen molar-refractivity contribution in [2.24, 2.45) is 0 Å². The largest absolute Gasteiger partial charge is 0.356 e. The second kappa shape index (κ2) is 28.6. The van der Waals surface area contributed by atoms with E-state index in [2.05, 4.69) is 22.5 Å². The van der Waals surface area contributed by atoms with E-state index in [1.165, 1.54) is 96.3 Å². The highest BCUT2D eigenvalue weighted by Crippen LogP contribution is 2.14. The number of hydrogen-bond donors (Lipinski definition) is 2. The molecule has 0 unspecified atom stereocenters. The Morgan fingerprint density at radius 1 is 0.474 bits per heavy atom. The molecule has 0 aromatic rings. The minimum atomic E-state index is -0.117. The third-order valence-electron chi connectivity index (χ3n) is 7.20. The Hall–Kier alpha value is -1.43. The molecule has 0 fully saturated rings. The van der Waals surface area contributed by atoms with Crippen LogP contribution >= 0.6 is 0 Å². The topological polar surface area (TPSA) is 78.5 Å². The van der Waals surface area contributed by atoms with E-state index in [1.807, 2.05) is 14.1 Å². The lowest BCUT2D eigenvalue weighted by Gasteiger charge is -2.10. The molecule has 2 N–H and O–H groups in total. The Morgan fingerprint density at radius 2 is 0.842 bits per heavy atom. The van der Waals surface area contributed by atoms with E-state index in [-0.39, 0.29) is 24.7 Å². The molecule has 0 rings (SSSR count). The fourth-order valence-corrected chi connectivity index (χ4v) is 4.71. The Morgan fingerprint density at radius 3 is 1.26 bits per heavy atom. The number of nitrogens with one attached hydrogen (secondary N) is 2. The second-order valence-electron chi connectivity index (χ2n) is 11.4. The Kier molecular flexibility index (Phi) is 27.5. The van der Waals surface area contributed by atoms with Crippen LogP contribution in [0.4, 0.5) is 0 Å². The van der Waals surface area contributed by atoms with Gasteiger partial charge in [0.25, 0.3) is 0 Å². The quantitative estimate of drug-likeness (QED) is 0.0978. The van der Waals surface area contributed by atoms with Crippen LogP contribution in [0.25, 0.3) is 0 Å². The molecule has 0 aromatic heterocycles. The molecule has 0 radical (unpaired) electrons. The number of rotatable bonds is 29. The summed E-state index contributed by atoms with van der Waals surface area (Å²) in [5, 5.41) is 5.67. The van der Waals surface area contributed by atoms with Gasteiger partial charge >= 0.3 is 0 Å². The van der Waals surface area contributed by atoms with Gasteiger partial charge in [0, 0.05) is 38.8 Å². The summed E-state index contributed by atoms with van der Waals surface area (Å²) in [4.78, 5) is 37.8. The molecule has 224 valence electrons. The van der Waals surface area contributed by atoms with Crippen molar-refractivity contribution in [1.29, 1.82) is 0 Å². The predicted octanol–water partition coefficient (Wildman–Crippen LogP) is 7.34. The Labute approximate surface area is 235 Å². The maximum absolute atomic E-state index is 12.1. The first-order valence-corrected chi connectivity index (χ1v) is 16.2. The molecule has 6 heteroatoms. The van der Waals surface area contributed by atoms with Crippen LogP contribution in [0.1, 0.15) is 155 Å². The molecule has 6 nitrogen and oxygen atoms in total. The number of carbonyl (C=O) groups excluding carboxylic acids is 3. The molecule has 0 saturated carbocycles. The predicted molar refractivity (Wildman–Crippen MR) is 161 cm³/mol. The Balaban J connectivity index is 3.35. The van der Waals surface area contributed by atoms with Gasteiger partial charge in [0.05, 0.1) is 0 Å². The number of nitrogens with zero attached hydrogens (tertiary/aromatic N) is 1. The van der Waals surface area contributed by atoms with Gasteiger partial charge in [-0.3, -0.25) is 14.4 Å². The summed E-state index contributed by atoms with van der Waals surface area (Å²) in [6.07, 6.45) is 26.1. The number of amides is 2. The SMILES string of the molecule is CCCCCCCCCCCCCCCCCCCC(=O)CCCNC(=O)CCC(=O)NCCCN(C)C. The summed E-state index contributed by atoms with van der Waals surface area (Å²) < 4.78 is 0.